The molecule has 282 valence electrons. The Hall–Kier alpha value is -6.64. The molecule has 0 spiro atoms. The van der Waals surface area contributed by atoms with E-state index in [2.05, 4.69) is 26.0 Å². The van der Waals surface area contributed by atoms with E-state index in [4.69, 9.17) is 0 Å². The SMILES string of the molecule is CNc1cc(N/C(C=O)=C/C=C\N(C)c2ccc(C(=O)NCCCCc3ccc(N(C=O)C(C=O)CCC=O)c(N(C)C)c3)cc2)nn2c(C=O)cnc12. The first-order chi connectivity index (χ1) is 26.2. The largest absolute Gasteiger partial charge is 0.385 e. The molecule has 1 unspecified atom stereocenters. The molecule has 0 radical (unpaired) electrons. The Morgan fingerprint density at radius 3 is 2.39 bits per heavy atom. The molecule has 0 aliphatic carbocycles. The Labute approximate surface area is 313 Å². The Kier molecular flexibility index (Phi) is 14.7. The molecule has 2 aromatic carbocycles. The smallest absolute Gasteiger partial charge is 0.251 e. The molecule has 4 rings (SSSR count). The number of benzene rings is 2. The molecule has 54 heavy (non-hydrogen) atoms. The zero-order chi connectivity index (χ0) is 39.0. The number of anilines is 5. The average Bonchev–Trinajstić information content (AvgIpc) is 3.61. The monoisotopic (exact) mass is 735 g/mol. The van der Waals surface area contributed by atoms with Crippen LogP contribution in [0, 0.1) is 0 Å². The molecule has 2 aromatic heterocycles. The van der Waals surface area contributed by atoms with E-state index in [1.807, 2.05) is 61.3 Å². The van der Waals surface area contributed by atoms with Crippen LogP contribution >= 0.6 is 0 Å². The van der Waals surface area contributed by atoms with Gasteiger partial charge in [0.05, 0.1) is 35.0 Å². The number of nitrogens with zero attached hydrogens (tertiary/aromatic N) is 6. The maximum atomic E-state index is 12.8. The van der Waals surface area contributed by atoms with E-state index >= 15 is 0 Å². The number of imidazole rings is 1. The molecule has 2 amide bonds. The molecule has 0 aliphatic heterocycles. The third-order valence-electron chi connectivity index (χ3n) is 8.59. The van der Waals surface area contributed by atoms with Crippen LogP contribution in [0.1, 0.15) is 52.1 Å². The maximum absolute atomic E-state index is 12.8. The van der Waals surface area contributed by atoms with Gasteiger partial charge in [0.25, 0.3) is 5.91 Å². The summed E-state index contributed by atoms with van der Waals surface area (Å²) in [6, 6.07) is 13.8. The minimum atomic E-state index is -0.730. The number of aryl methyl sites for hydroxylation is 1. The lowest BCUT2D eigenvalue weighted by molar-refractivity contribution is -0.113. The highest BCUT2D eigenvalue weighted by Crippen LogP contribution is 2.31. The topological polar surface area (TPSA) is 178 Å². The molecule has 0 aliphatic rings. The molecule has 15 heteroatoms. The Morgan fingerprint density at radius 2 is 1.74 bits per heavy atom. The number of hydrogen-bond acceptors (Lipinski definition) is 12. The van der Waals surface area contributed by atoms with Crippen molar-refractivity contribution in [3.63, 3.8) is 0 Å². The van der Waals surface area contributed by atoms with Crippen LogP contribution in [0.25, 0.3) is 5.65 Å². The van der Waals surface area contributed by atoms with Gasteiger partial charge in [-0.3, -0.25) is 19.2 Å². The highest BCUT2D eigenvalue weighted by atomic mass is 16.2. The fraction of sp³-hybridized carbons (Fsp3) is 0.282. The maximum Gasteiger partial charge on any atom is 0.251 e. The molecule has 2 heterocycles. The van der Waals surface area contributed by atoms with Gasteiger partial charge in [0.2, 0.25) is 6.41 Å². The number of aromatic nitrogens is 3. The van der Waals surface area contributed by atoms with Crippen LogP contribution in [0.4, 0.5) is 28.6 Å². The third kappa shape index (κ3) is 10.2. The number of carbonyl (C=O) groups excluding carboxylic acids is 6. The first kappa shape index (κ1) is 40.1. The van der Waals surface area contributed by atoms with Gasteiger partial charge in [-0.05, 0) is 79.8 Å². The number of unbranched alkanes of at least 4 members (excludes halogenated alkanes) is 1. The molecule has 3 N–H and O–H groups in total. The van der Waals surface area contributed by atoms with Gasteiger partial charge in [0, 0.05) is 64.7 Å². The lowest BCUT2D eigenvalue weighted by atomic mass is 10.0. The van der Waals surface area contributed by atoms with Crippen LogP contribution in [0.3, 0.4) is 0 Å². The summed E-state index contributed by atoms with van der Waals surface area (Å²) in [6.07, 6.45) is 12.6. The van der Waals surface area contributed by atoms with Crippen molar-refractivity contribution in [3.8, 4) is 0 Å². The van der Waals surface area contributed by atoms with Gasteiger partial charge in [-0.25, -0.2) is 9.50 Å². The van der Waals surface area contributed by atoms with Crippen molar-refractivity contribution in [3.05, 3.63) is 95.6 Å². The third-order valence-corrected chi connectivity index (χ3v) is 8.59. The second-order valence-corrected chi connectivity index (χ2v) is 12.5. The molecule has 0 saturated heterocycles. The first-order valence-corrected chi connectivity index (χ1v) is 17.3. The molecular formula is C39H45N9O6. The van der Waals surface area contributed by atoms with Crippen molar-refractivity contribution in [1.29, 1.82) is 0 Å². The summed E-state index contributed by atoms with van der Waals surface area (Å²) in [7, 11) is 7.29. The van der Waals surface area contributed by atoms with E-state index in [-0.39, 0.29) is 30.1 Å². The number of fused-ring (bicyclic) bond motifs is 1. The fourth-order valence-corrected chi connectivity index (χ4v) is 5.66. The van der Waals surface area contributed by atoms with Crippen LogP contribution < -0.4 is 30.7 Å². The van der Waals surface area contributed by atoms with Crippen molar-refractivity contribution in [1.82, 2.24) is 19.9 Å². The lowest BCUT2D eigenvalue weighted by Gasteiger charge is -2.28. The molecule has 0 saturated carbocycles. The molecular weight excluding hydrogens is 690 g/mol. The summed E-state index contributed by atoms with van der Waals surface area (Å²) in [6.45, 7) is 0.498. The van der Waals surface area contributed by atoms with Crippen molar-refractivity contribution >= 4 is 71.7 Å². The van der Waals surface area contributed by atoms with Crippen LogP contribution in [0.5, 0.6) is 0 Å². The highest BCUT2D eigenvalue weighted by molar-refractivity contribution is 5.94. The van der Waals surface area contributed by atoms with Gasteiger partial charge in [0.15, 0.2) is 24.0 Å². The molecule has 0 fully saturated rings. The van der Waals surface area contributed by atoms with Crippen molar-refractivity contribution < 1.29 is 28.8 Å². The Balaban J connectivity index is 1.27. The van der Waals surface area contributed by atoms with Crippen LogP contribution in [-0.2, 0) is 25.6 Å². The normalized spacial score (nSPS) is 11.8. The summed E-state index contributed by atoms with van der Waals surface area (Å²) in [5.74, 6) is 0.162. The first-order valence-electron chi connectivity index (χ1n) is 17.3. The van der Waals surface area contributed by atoms with Crippen LogP contribution in [0.15, 0.2) is 78.8 Å². The fourth-order valence-electron chi connectivity index (χ4n) is 5.66. The highest BCUT2D eigenvalue weighted by Gasteiger charge is 2.21. The van der Waals surface area contributed by atoms with Gasteiger partial charge < -0.3 is 40.2 Å². The number of amides is 2. The van der Waals surface area contributed by atoms with Gasteiger partial charge in [0.1, 0.15) is 18.3 Å². The van der Waals surface area contributed by atoms with Crippen molar-refractivity contribution in [2.45, 2.75) is 38.1 Å². The second-order valence-electron chi connectivity index (χ2n) is 12.5. The molecule has 0 bridgehead atoms. The van der Waals surface area contributed by atoms with Crippen LogP contribution in [-0.4, -0.2) is 92.8 Å². The summed E-state index contributed by atoms with van der Waals surface area (Å²) in [5.41, 5.74) is 5.40. The van der Waals surface area contributed by atoms with E-state index in [0.29, 0.717) is 60.2 Å². The number of nitrogens with one attached hydrogen (secondary N) is 3. The van der Waals surface area contributed by atoms with E-state index in [0.717, 1.165) is 42.5 Å². The number of rotatable bonds is 22. The predicted octanol–water partition coefficient (Wildman–Crippen LogP) is 4.06. The number of carbonyl (C=O) groups is 6. The number of aldehydes is 4. The Bertz CT molecular complexity index is 2010. The quantitative estimate of drug-likeness (QED) is 0.0457. The average molecular weight is 736 g/mol. The van der Waals surface area contributed by atoms with E-state index < -0.39 is 6.04 Å². The van der Waals surface area contributed by atoms with Gasteiger partial charge in [-0.1, -0.05) is 6.07 Å². The molecule has 15 nitrogen and oxygen atoms in total. The molecule has 1 atom stereocenters. The molecule has 4 aromatic rings. The summed E-state index contributed by atoms with van der Waals surface area (Å²) in [4.78, 5) is 79.7. The van der Waals surface area contributed by atoms with E-state index in [1.165, 1.54) is 15.6 Å². The minimum Gasteiger partial charge on any atom is -0.385 e. The summed E-state index contributed by atoms with van der Waals surface area (Å²) >= 11 is 0. The van der Waals surface area contributed by atoms with Crippen LogP contribution in [0.2, 0.25) is 0 Å². The van der Waals surface area contributed by atoms with Gasteiger partial charge in [-0.2, -0.15) is 0 Å². The van der Waals surface area contributed by atoms with Gasteiger partial charge >= 0.3 is 0 Å². The summed E-state index contributed by atoms with van der Waals surface area (Å²) in [5, 5.41) is 13.3. The number of allylic oxidation sites excluding steroid dienone is 3. The standard InChI is InChI=1S/C39H45N9O6/c1-40-34-22-37(44-48-33(26-52)23-42-38(34)48)43-30(24-50)10-7-19-46(4)31-15-13-29(14-16-31)39(54)41-18-6-5-9-28-12-17-35(36(21-28)45(2)3)47(27-53)32(25-51)11-8-20-49/h7,10,12-17,19-27,32,40H,5-6,8-9,11,18H2,1-4H3,(H,41,54)(H,43,44)/b19-7-,30-10+. The van der Waals surface area contributed by atoms with Gasteiger partial charge in [-0.15, -0.1) is 5.10 Å². The zero-order valence-electron chi connectivity index (χ0n) is 30.8. The predicted molar refractivity (Wildman–Crippen MR) is 209 cm³/mol. The van der Waals surface area contributed by atoms with E-state index in [9.17, 15) is 28.8 Å². The second kappa shape index (κ2) is 19.8. The van der Waals surface area contributed by atoms with Crippen molar-refractivity contribution in [2.24, 2.45) is 0 Å². The van der Waals surface area contributed by atoms with E-state index in [1.54, 1.807) is 43.6 Å². The minimum absolute atomic E-state index is 0.180. The Morgan fingerprint density at radius 1 is 0.963 bits per heavy atom. The summed E-state index contributed by atoms with van der Waals surface area (Å²) < 4.78 is 1.39. The number of hydrogen-bond donors (Lipinski definition) is 3. The van der Waals surface area contributed by atoms with Crippen molar-refractivity contribution in [2.75, 3.05) is 60.1 Å². The lowest BCUT2D eigenvalue weighted by Crippen LogP contribution is -2.36. The zero-order valence-corrected chi connectivity index (χ0v) is 30.8.